The van der Waals surface area contributed by atoms with Crippen LogP contribution < -0.4 is 0 Å². The van der Waals surface area contributed by atoms with E-state index in [4.69, 9.17) is 0 Å². The SMILES string of the molecule is O=C1C=CC=CC=CC1Sc1ccccc1. The van der Waals surface area contributed by atoms with E-state index in [2.05, 4.69) is 0 Å². The normalized spacial score (nSPS) is 19.5. The molecule has 0 radical (unpaired) electrons. The molecule has 0 aromatic heterocycles. The van der Waals surface area contributed by atoms with Crippen molar-refractivity contribution in [1.82, 2.24) is 0 Å². The predicted octanol–water partition coefficient (Wildman–Crippen LogP) is 3.40. The molecule has 1 aromatic rings. The van der Waals surface area contributed by atoms with Crippen molar-refractivity contribution in [3.63, 3.8) is 0 Å². The zero-order valence-electron chi connectivity index (χ0n) is 8.74. The van der Waals surface area contributed by atoms with E-state index < -0.39 is 0 Å². The summed E-state index contributed by atoms with van der Waals surface area (Å²) in [5.41, 5.74) is 0. The fraction of sp³-hybridized carbons (Fsp3) is 0.0714. The lowest BCUT2D eigenvalue weighted by atomic mass is 10.2. The van der Waals surface area contributed by atoms with Crippen molar-refractivity contribution in [2.75, 3.05) is 0 Å². The topological polar surface area (TPSA) is 17.1 Å². The van der Waals surface area contributed by atoms with Gasteiger partial charge in [-0.15, -0.1) is 11.8 Å². The molecule has 0 heterocycles. The van der Waals surface area contributed by atoms with Crippen LogP contribution in [0.3, 0.4) is 0 Å². The number of rotatable bonds is 2. The zero-order chi connectivity index (χ0) is 11.2. The maximum atomic E-state index is 11.8. The van der Waals surface area contributed by atoms with Crippen LogP contribution in [0.5, 0.6) is 0 Å². The van der Waals surface area contributed by atoms with Crippen LogP contribution in [-0.2, 0) is 4.79 Å². The molecule has 1 unspecified atom stereocenters. The summed E-state index contributed by atoms with van der Waals surface area (Å²) in [5, 5.41) is -0.122. The first kappa shape index (κ1) is 11.0. The van der Waals surface area contributed by atoms with Crippen molar-refractivity contribution in [3.05, 3.63) is 66.8 Å². The van der Waals surface area contributed by atoms with E-state index in [1.54, 1.807) is 23.9 Å². The van der Waals surface area contributed by atoms with E-state index in [9.17, 15) is 4.79 Å². The minimum Gasteiger partial charge on any atom is -0.293 e. The van der Waals surface area contributed by atoms with Gasteiger partial charge in [0.25, 0.3) is 0 Å². The maximum absolute atomic E-state index is 11.8. The summed E-state index contributed by atoms with van der Waals surface area (Å²) < 4.78 is 0. The van der Waals surface area contributed by atoms with Gasteiger partial charge < -0.3 is 0 Å². The second kappa shape index (κ2) is 5.52. The average Bonchev–Trinajstić information content (AvgIpc) is 2.30. The van der Waals surface area contributed by atoms with Crippen molar-refractivity contribution >= 4 is 17.5 Å². The minimum atomic E-state index is -0.122. The Bertz CT molecular complexity index is 443. The van der Waals surface area contributed by atoms with Crippen LogP contribution in [0.25, 0.3) is 0 Å². The molecule has 1 atom stereocenters. The fourth-order valence-corrected chi connectivity index (χ4v) is 2.35. The summed E-state index contributed by atoms with van der Waals surface area (Å²) in [5.74, 6) is 0.134. The third kappa shape index (κ3) is 2.97. The first-order valence-corrected chi connectivity index (χ1v) is 6.01. The lowest BCUT2D eigenvalue weighted by Crippen LogP contribution is -2.11. The van der Waals surface area contributed by atoms with Crippen molar-refractivity contribution in [3.8, 4) is 0 Å². The average molecular weight is 228 g/mol. The number of thioether (sulfide) groups is 1. The summed E-state index contributed by atoms with van der Waals surface area (Å²) in [4.78, 5) is 12.9. The Morgan fingerprint density at radius 2 is 1.69 bits per heavy atom. The Hall–Kier alpha value is -1.54. The van der Waals surface area contributed by atoms with Gasteiger partial charge in [-0.3, -0.25) is 4.79 Å². The molecule has 80 valence electrons. The largest absolute Gasteiger partial charge is 0.293 e. The quantitative estimate of drug-likeness (QED) is 0.771. The lowest BCUT2D eigenvalue weighted by molar-refractivity contribution is -0.113. The van der Waals surface area contributed by atoms with E-state index in [1.165, 1.54) is 0 Å². The maximum Gasteiger partial charge on any atom is 0.172 e. The lowest BCUT2D eigenvalue weighted by Gasteiger charge is -2.09. The highest BCUT2D eigenvalue weighted by atomic mass is 32.2. The van der Waals surface area contributed by atoms with Crippen molar-refractivity contribution in [2.24, 2.45) is 0 Å². The molecule has 1 nitrogen and oxygen atoms in total. The van der Waals surface area contributed by atoms with Gasteiger partial charge >= 0.3 is 0 Å². The number of carbonyl (C=O) groups excluding carboxylic acids is 1. The molecule has 1 aliphatic rings. The Labute approximate surface area is 99.6 Å². The molecule has 2 rings (SSSR count). The molecule has 0 N–H and O–H groups in total. The fourth-order valence-electron chi connectivity index (χ4n) is 1.38. The zero-order valence-corrected chi connectivity index (χ0v) is 9.56. The van der Waals surface area contributed by atoms with E-state index in [0.717, 1.165) is 4.90 Å². The highest BCUT2D eigenvalue weighted by Gasteiger charge is 2.13. The van der Waals surface area contributed by atoms with Crippen LogP contribution >= 0.6 is 11.8 Å². The third-order valence-corrected chi connectivity index (χ3v) is 3.35. The molecule has 0 bridgehead atoms. The standard InChI is InChI=1S/C14H12OS/c15-13-10-6-1-2-7-11-14(13)16-12-8-4-3-5-9-12/h1-11,14H. The first-order valence-electron chi connectivity index (χ1n) is 5.13. The minimum absolute atomic E-state index is 0.122. The van der Waals surface area contributed by atoms with Gasteiger partial charge in [0.05, 0.1) is 5.25 Å². The van der Waals surface area contributed by atoms with Crippen molar-refractivity contribution < 1.29 is 4.79 Å². The highest BCUT2D eigenvalue weighted by molar-refractivity contribution is 8.00. The van der Waals surface area contributed by atoms with Crippen LogP contribution in [0.15, 0.2) is 71.7 Å². The van der Waals surface area contributed by atoms with E-state index >= 15 is 0 Å². The Kier molecular flexibility index (Phi) is 3.78. The molecule has 1 aromatic carbocycles. The van der Waals surface area contributed by atoms with Crippen LogP contribution in [0.4, 0.5) is 0 Å². The summed E-state index contributed by atoms with van der Waals surface area (Å²) in [6.45, 7) is 0. The van der Waals surface area contributed by atoms with Gasteiger partial charge in [-0.25, -0.2) is 0 Å². The molecule has 16 heavy (non-hydrogen) atoms. The molecule has 0 saturated heterocycles. The summed E-state index contributed by atoms with van der Waals surface area (Å²) in [7, 11) is 0. The van der Waals surface area contributed by atoms with Gasteiger partial charge in [-0.1, -0.05) is 48.6 Å². The van der Waals surface area contributed by atoms with E-state index in [0.29, 0.717) is 0 Å². The van der Waals surface area contributed by atoms with Gasteiger partial charge in [-0.2, -0.15) is 0 Å². The molecular formula is C14H12OS. The van der Waals surface area contributed by atoms with Crippen LogP contribution in [0.1, 0.15) is 0 Å². The summed E-state index contributed by atoms with van der Waals surface area (Å²) >= 11 is 1.57. The number of hydrogen-bond donors (Lipinski definition) is 0. The predicted molar refractivity (Wildman–Crippen MR) is 68.5 cm³/mol. The monoisotopic (exact) mass is 228 g/mol. The number of carbonyl (C=O) groups is 1. The number of allylic oxidation sites excluding steroid dienone is 5. The van der Waals surface area contributed by atoms with Crippen LogP contribution in [0, 0.1) is 0 Å². The number of ketones is 1. The highest BCUT2D eigenvalue weighted by Crippen LogP contribution is 2.25. The van der Waals surface area contributed by atoms with Gasteiger partial charge in [-0.05, 0) is 18.2 Å². The molecule has 0 fully saturated rings. The molecule has 0 aliphatic heterocycles. The Morgan fingerprint density at radius 3 is 2.50 bits per heavy atom. The molecule has 0 amide bonds. The molecule has 2 heteroatoms. The Morgan fingerprint density at radius 1 is 0.938 bits per heavy atom. The molecule has 0 saturated carbocycles. The van der Waals surface area contributed by atoms with E-state index in [1.807, 2.05) is 54.6 Å². The van der Waals surface area contributed by atoms with Crippen molar-refractivity contribution in [2.45, 2.75) is 10.1 Å². The van der Waals surface area contributed by atoms with Crippen molar-refractivity contribution in [1.29, 1.82) is 0 Å². The second-order valence-electron chi connectivity index (χ2n) is 3.38. The smallest absolute Gasteiger partial charge is 0.172 e. The summed E-state index contributed by atoms with van der Waals surface area (Å²) in [6.07, 6.45) is 11.0. The molecule has 1 aliphatic carbocycles. The Balaban J connectivity index is 2.14. The van der Waals surface area contributed by atoms with Crippen LogP contribution in [0.2, 0.25) is 0 Å². The summed E-state index contributed by atoms with van der Waals surface area (Å²) in [6, 6.07) is 9.97. The van der Waals surface area contributed by atoms with E-state index in [-0.39, 0.29) is 11.0 Å². The first-order chi connectivity index (χ1) is 7.86. The molecule has 0 spiro atoms. The van der Waals surface area contributed by atoms with Gasteiger partial charge in [0, 0.05) is 4.90 Å². The van der Waals surface area contributed by atoms with Gasteiger partial charge in [0.15, 0.2) is 5.78 Å². The van der Waals surface area contributed by atoms with Gasteiger partial charge in [0.2, 0.25) is 0 Å². The number of benzene rings is 1. The van der Waals surface area contributed by atoms with Gasteiger partial charge in [0.1, 0.15) is 0 Å². The molecular weight excluding hydrogens is 216 g/mol. The second-order valence-corrected chi connectivity index (χ2v) is 4.60. The van der Waals surface area contributed by atoms with Crippen LogP contribution in [-0.4, -0.2) is 11.0 Å². The third-order valence-electron chi connectivity index (χ3n) is 2.17. The number of hydrogen-bond acceptors (Lipinski definition) is 2.